The molecule has 0 unspecified atom stereocenters. The van der Waals surface area contributed by atoms with Gasteiger partial charge in [-0.2, -0.15) is 4.39 Å². The third-order valence-electron chi connectivity index (χ3n) is 3.51. The zero-order valence-electron chi connectivity index (χ0n) is 11.8. The molecule has 1 aliphatic carbocycles. The van der Waals surface area contributed by atoms with Crippen LogP contribution in [0.2, 0.25) is 0 Å². The molecule has 4 heteroatoms. The van der Waals surface area contributed by atoms with Gasteiger partial charge in [-0.15, -0.1) is 0 Å². The van der Waals surface area contributed by atoms with Gasteiger partial charge in [0.05, 0.1) is 0 Å². The largest absolute Gasteiger partial charge is 0.454 e. The lowest BCUT2D eigenvalue weighted by Gasteiger charge is -2.13. The van der Waals surface area contributed by atoms with Crippen molar-refractivity contribution in [1.82, 2.24) is 5.32 Å². The fourth-order valence-electron chi connectivity index (χ4n) is 2.17. The average Bonchev–Trinajstić information content (AvgIpc) is 3.28. The second-order valence-corrected chi connectivity index (χ2v) is 5.42. The average molecular weight is 289 g/mol. The van der Waals surface area contributed by atoms with Gasteiger partial charge in [0.25, 0.3) is 0 Å². The Bertz CT molecular complexity index is 653. The summed E-state index contributed by atoms with van der Waals surface area (Å²) in [5.41, 5.74) is 2.06. The first kappa shape index (κ1) is 14.0. The van der Waals surface area contributed by atoms with Gasteiger partial charge in [0.15, 0.2) is 11.6 Å². The summed E-state index contributed by atoms with van der Waals surface area (Å²) in [6.45, 7) is 2.66. The van der Waals surface area contributed by atoms with Crippen molar-refractivity contribution in [3.63, 3.8) is 0 Å². The zero-order valence-corrected chi connectivity index (χ0v) is 11.8. The van der Waals surface area contributed by atoms with Crippen LogP contribution in [-0.4, -0.2) is 6.04 Å². The van der Waals surface area contributed by atoms with Crippen molar-refractivity contribution in [3.05, 3.63) is 59.2 Å². The second-order valence-electron chi connectivity index (χ2n) is 5.42. The van der Waals surface area contributed by atoms with Gasteiger partial charge in [-0.25, -0.2) is 4.39 Å². The van der Waals surface area contributed by atoms with Crippen LogP contribution in [-0.2, 0) is 6.54 Å². The van der Waals surface area contributed by atoms with Crippen molar-refractivity contribution in [1.29, 1.82) is 0 Å². The van der Waals surface area contributed by atoms with E-state index in [1.165, 1.54) is 25.0 Å². The first-order valence-corrected chi connectivity index (χ1v) is 7.08. The zero-order chi connectivity index (χ0) is 14.8. The Kier molecular flexibility index (Phi) is 3.88. The fraction of sp³-hybridized carbons (Fsp3) is 0.294. The van der Waals surface area contributed by atoms with E-state index in [9.17, 15) is 8.78 Å². The molecular weight excluding hydrogens is 272 g/mol. The van der Waals surface area contributed by atoms with Crippen LogP contribution in [0.5, 0.6) is 11.5 Å². The molecular formula is C17H17F2NO. The number of benzene rings is 2. The Morgan fingerprint density at radius 2 is 1.95 bits per heavy atom. The van der Waals surface area contributed by atoms with Crippen LogP contribution >= 0.6 is 0 Å². The van der Waals surface area contributed by atoms with E-state index in [4.69, 9.17) is 4.74 Å². The van der Waals surface area contributed by atoms with Gasteiger partial charge < -0.3 is 10.1 Å². The second kappa shape index (κ2) is 5.82. The molecule has 1 N–H and O–H groups in total. The molecule has 0 heterocycles. The van der Waals surface area contributed by atoms with Gasteiger partial charge in [0.1, 0.15) is 5.75 Å². The molecule has 3 rings (SSSR count). The molecule has 0 atom stereocenters. The van der Waals surface area contributed by atoms with E-state index in [-0.39, 0.29) is 5.75 Å². The molecule has 2 aromatic rings. The lowest BCUT2D eigenvalue weighted by Crippen LogP contribution is -2.16. The normalized spacial score (nSPS) is 14.2. The summed E-state index contributed by atoms with van der Waals surface area (Å²) in [6.07, 6.45) is 2.39. The van der Waals surface area contributed by atoms with Crippen LogP contribution in [0.15, 0.2) is 36.4 Å². The molecule has 0 spiro atoms. The Hall–Kier alpha value is -1.94. The molecule has 0 bridgehead atoms. The molecule has 0 radical (unpaired) electrons. The van der Waals surface area contributed by atoms with E-state index >= 15 is 0 Å². The molecule has 2 nitrogen and oxygen atoms in total. The molecule has 1 saturated carbocycles. The number of halogens is 2. The summed E-state index contributed by atoms with van der Waals surface area (Å²) in [6, 6.07) is 10.2. The number of aryl methyl sites for hydroxylation is 1. The van der Waals surface area contributed by atoms with Gasteiger partial charge in [-0.05, 0) is 38.0 Å². The highest BCUT2D eigenvalue weighted by molar-refractivity contribution is 5.40. The number of nitrogens with one attached hydrogen (secondary N) is 1. The van der Waals surface area contributed by atoms with Crippen LogP contribution in [0.1, 0.15) is 24.0 Å². The number of ether oxygens (including phenoxy) is 1. The van der Waals surface area contributed by atoms with Gasteiger partial charge in [-0.1, -0.05) is 23.8 Å². The first-order chi connectivity index (χ1) is 10.1. The smallest absolute Gasteiger partial charge is 0.201 e. The SMILES string of the molecule is Cc1ccc(Oc2cccc(F)c2F)c(CNC2CC2)c1. The minimum absolute atomic E-state index is 0.0912. The topological polar surface area (TPSA) is 21.3 Å². The lowest BCUT2D eigenvalue weighted by atomic mass is 10.1. The quantitative estimate of drug-likeness (QED) is 0.885. The monoisotopic (exact) mass is 289 g/mol. The highest BCUT2D eigenvalue weighted by Crippen LogP contribution is 2.30. The lowest BCUT2D eigenvalue weighted by molar-refractivity contribution is 0.411. The third-order valence-corrected chi connectivity index (χ3v) is 3.51. The van der Waals surface area contributed by atoms with Gasteiger partial charge in [-0.3, -0.25) is 0 Å². The number of hydrogen-bond donors (Lipinski definition) is 1. The summed E-state index contributed by atoms with van der Waals surface area (Å²) >= 11 is 0. The van der Waals surface area contributed by atoms with Gasteiger partial charge in [0, 0.05) is 18.2 Å². The Morgan fingerprint density at radius 3 is 2.71 bits per heavy atom. The van der Waals surface area contributed by atoms with Crippen LogP contribution in [0.4, 0.5) is 8.78 Å². The van der Waals surface area contributed by atoms with E-state index < -0.39 is 11.6 Å². The van der Waals surface area contributed by atoms with E-state index in [2.05, 4.69) is 5.32 Å². The van der Waals surface area contributed by atoms with E-state index in [0.29, 0.717) is 18.3 Å². The Morgan fingerprint density at radius 1 is 1.14 bits per heavy atom. The molecule has 1 aliphatic rings. The van der Waals surface area contributed by atoms with Crippen molar-refractivity contribution in [3.8, 4) is 11.5 Å². The van der Waals surface area contributed by atoms with E-state index in [0.717, 1.165) is 17.2 Å². The standard InChI is InChI=1S/C17H17F2NO/c1-11-5-8-15(12(9-11)10-20-13-6-7-13)21-16-4-2-3-14(18)17(16)19/h2-5,8-9,13,20H,6-7,10H2,1H3. The maximum Gasteiger partial charge on any atom is 0.201 e. The third kappa shape index (κ3) is 3.39. The van der Waals surface area contributed by atoms with E-state index in [1.807, 2.05) is 19.1 Å². The molecule has 0 aliphatic heterocycles. The van der Waals surface area contributed by atoms with Crippen LogP contribution in [0, 0.1) is 18.6 Å². The van der Waals surface area contributed by atoms with Crippen LogP contribution in [0.3, 0.4) is 0 Å². The molecule has 21 heavy (non-hydrogen) atoms. The predicted octanol–water partition coefficient (Wildman–Crippen LogP) is 4.32. The minimum atomic E-state index is -0.959. The maximum absolute atomic E-state index is 13.7. The highest BCUT2D eigenvalue weighted by Gasteiger charge is 2.21. The predicted molar refractivity (Wildman–Crippen MR) is 77.5 cm³/mol. The van der Waals surface area contributed by atoms with Crippen molar-refractivity contribution in [2.24, 2.45) is 0 Å². The summed E-state index contributed by atoms with van der Waals surface area (Å²) < 4.78 is 32.5. The molecule has 0 saturated heterocycles. The van der Waals surface area contributed by atoms with Crippen molar-refractivity contribution >= 4 is 0 Å². The molecule has 1 fully saturated rings. The minimum Gasteiger partial charge on any atom is -0.454 e. The van der Waals surface area contributed by atoms with Crippen LogP contribution < -0.4 is 10.1 Å². The van der Waals surface area contributed by atoms with Crippen LogP contribution in [0.25, 0.3) is 0 Å². The summed E-state index contributed by atoms with van der Waals surface area (Å²) in [7, 11) is 0. The highest BCUT2D eigenvalue weighted by atomic mass is 19.2. The number of rotatable bonds is 5. The van der Waals surface area contributed by atoms with Crippen molar-refractivity contribution < 1.29 is 13.5 Å². The number of hydrogen-bond acceptors (Lipinski definition) is 2. The maximum atomic E-state index is 13.7. The van der Waals surface area contributed by atoms with Crippen molar-refractivity contribution in [2.45, 2.75) is 32.4 Å². The fourth-order valence-corrected chi connectivity index (χ4v) is 2.17. The van der Waals surface area contributed by atoms with Crippen molar-refractivity contribution in [2.75, 3.05) is 0 Å². The molecule has 0 aromatic heterocycles. The molecule has 110 valence electrons. The Balaban J connectivity index is 1.84. The summed E-state index contributed by atoms with van der Waals surface area (Å²) in [4.78, 5) is 0. The van der Waals surface area contributed by atoms with E-state index in [1.54, 1.807) is 6.07 Å². The van der Waals surface area contributed by atoms with Gasteiger partial charge >= 0.3 is 0 Å². The molecule has 2 aromatic carbocycles. The summed E-state index contributed by atoms with van der Waals surface area (Å²) in [5, 5.41) is 3.40. The van der Waals surface area contributed by atoms with Gasteiger partial charge in [0.2, 0.25) is 5.82 Å². The molecule has 0 amide bonds. The Labute approximate surface area is 122 Å². The first-order valence-electron chi connectivity index (χ1n) is 7.08. The summed E-state index contributed by atoms with van der Waals surface area (Å²) in [5.74, 6) is -1.40.